The van der Waals surface area contributed by atoms with Crippen molar-refractivity contribution in [2.75, 3.05) is 6.54 Å². The lowest BCUT2D eigenvalue weighted by atomic mass is 9.86. The first kappa shape index (κ1) is 32.8. The number of nitrogens with zero attached hydrogens (tertiary/aromatic N) is 4. The lowest BCUT2D eigenvalue weighted by Gasteiger charge is -2.28. The van der Waals surface area contributed by atoms with Gasteiger partial charge in [0.1, 0.15) is 17.3 Å². The molecular weight excluding hydrogens is 632 g/mol. The van der Waals surface area contributed by atoms with E-state index in [1.807, 2.05) is 0 Å². The number of aromatic nitrogens is 3. The van der Waals surface area contributed by atoms with E-state index < -0.39 is 94.2 Å². The molecule has 8 nitrogen and oxygen atoms in total. The van der Waals surface area contributed by atoms with Crippen molar-refractivity contribution in [2.45, 2.75) is 50.6 Å². The topological polar surface area (TPSA) is 105 Å². The van der Waals surface area contributed by atoms with Crippen LogP contribution in [-0.4, -0.2) is 49.0 Å². The monoisotopic (exact) mass is 652 g/mol. The van der Waals surface area contributed by atoms with Crippen LogP contribution < -0.4 is 0 Å². The minimum atomic E-state index is -5.16. The minimum absolute atomic E-state index is 0.0121. The Balaban J connectivity index is 1.71. The van der Waals surface area contributed by atoms with Crippen LogP contribution in [0.1, 0.15) is 69.4 Å². The molecule has 1 N–H and O–H groups in total. The van der Waals surface area contributed by atoms with Gasteiger partial charge in [0.05, 0.1) is 40.9 Å². The van der Waals surface area contributed by atoms with Crippen molar-refractivity contribution in [2.24, 2.45) is 5.92 Å². The number of benzene rings is 1. The number of halogens is 9. The zero-order valence-electron chi connectivity index (χ0n) is 22.2. The summed E-state index contributed by atoms with van der Waals surface area (Å²) < 4.78 is 110. The summed E-state index contributed by atoms with van der Waals surface area (Å²) in [4.78, 5) is 41.8. The molecule has 0 spiro atoms. The van der Waals surface area contributed by atoms with Crippen LogP contribution in [0, 0.1) is 17.6 Å². The summed E-state index contributed by atoms with van der Waals surface area (Å²) in [5.74, 6) is -6.65. The molecule has 236 valence electrons. The average molecular weight is 653 g/mol. The number of Topliss-reactive ketones (excluding diaryl/α,β-unsaturated/α-hetero) is 1. The van der Waals surface area contributed by atoms with Crippen LogP contribution in [0.4, 0.5) is 35.1 Å². The summed E-state index contributed by atoms with van der Waals surface area (Å²) in [6, 6.07) is 1.53. The fourth-order valence-electron chi connectivity index (χ4n) is 4.98. The summed E-state index contributed by atoms with van der Waals surface area (Å²) >= 11 is 5.83. The number of ketones is 1. The molecule has 1 amide bonds. The van der Waals surface area contributed by atoms with E-state index in [9.17, 15) is 54.6 Å². The van der Waals surface area contributed by atoms with Crippen LogP contribution in [0.15, 0.2) is 36.7 Å². The number of rotatable bonds is 8. The smallest absolute Gasteiger partial charge is 0.433 e. The van der Waals surface area contributed by atoms with E-state index in [1.54, 1.807) is 0 Å². The molecular formula is C27H21ClF8N4O4. The SMILES string of the molecule is O=C(CN(Cc1cc(F)cc(F)c1)C(=O)c1cnn([C@H]2CC[C@H](C(=O)O)CC2)c1C(F)(F)F)c1ncc(C(F)(F)F)cc1Cl. The molecule has 1 aliphatic carbocycles. The number of carboxylic acid groups (broad SMARTS) is 1. The molecule has 0 bridgehead atoms. The molecule has 0 aliphatic heterocycles. The number of carbonyl (C=O) groups is 3. The van der Waals surface area contributed by atoms with E-state index in [0.29, 0.717) is 34.1 Å². The number of amides is 1. The van der Waals surface area contributed by atoms with E-state index in [0.717, 1.165) is 12.1 Å². The Morgan fingerprint density at radius 3 is 2.07 bits per heavy atom. The molecule has 1 aromatic carbocycles. The second-order valence-electron chi connectivity index (χ2n) is 10.1. The molecule has 44 heavy (non-hydrogen) atoms. The predicted molar refractivity (Wildman–Crippen MR) is 136 cm³/mol. The molecule has 2 heterocycles. The molecule has 0 radical (unpaired) electrons. The quantitative estimate of drug-likeness (QED) is 0.218. The van der Waals surface area contributed by atoms with Crippen molar-refractivity contribution in [1.82, 2.24) is 19.7 Å². The van der Waals surface area contributed by atoms with Gasteiger partial charge in [0, 0.05) is 18.8 Å². The molecule has 17 heteroatoms. The third-order valence-corrected chi connectivity index (χ3v) is 7.32. The fraction of sp³-hybridized carbons (Fsp3) is 0.370. The Labute approximate surface area is 248 Å². The highest BCUT2D eigenvalue weighted by Gasteiger charge is 2.43. The number of carbonyl (C=O) groups excluding carboxylic acids is 2. The Bertz CT molecular complexity index is 1560. The minimum Gasteiger partial charge on any atom is -0.481 e. The lowest BCUT2D eigenvalue weighted by molar-refractivity contribution is -0.147. The predicted octanol–water partition coefficient (Wildman–Crippen LogP) is 6.59. The van der Waals surface area contributed by atoms with Crippen molar-refractivity contribution >= 4 is 29.3 Å². The number of hydrogen-bond donors (Lipinski definition) is 1. The zero-order chi connectivity index (χ0) is 32.6. The first-order valence-corrected chi connectivity index (χ1v) is 13.2. The van der Waals surface area contributed by atoms with Gasteiger partial charge in [0.25, 0.3) is 5.91 Å². The van der Waals surface area contributed by atoms with Crippen LogP contribution in [0.3, 0.4) is 0 Å². The van der Waals surface area contributed by atoms with E-state index >= 15 is 0 Å². The molecule has 1 aliphatic rings. The van der Waals surface area contributed by atoms with Crippen molar-refractivity contribution in [3.8, 4) is 0 Å². The van der Waals surface area contributed by atoms with Gasteiger partial charge in [-0.05, 0) is 49.4 Å². The number of carboxylic acids is 1. The summed E-state index contributed by atoms with van der Waals surface area (Å²) in [6.07, 6.45) is -8.96. The first-order valence-electron chi connectivity index (χ1n) is 12.8. The molecule has 0 atom stereocenters. The molecule has 3 aromatic rings. The number of alkyl halides is 6. The van der Waals surface area contributed by atoms with Gasteiger partial charge in [-0.2, -0.15) is 31.4 Å². The number of hydrogen-bond acceptors (Lipinski definition) is 5. The van der Waals surface area contributed by atoms with E-state index in [4.69, 9.17) is 11.6 Å². The standard InChI is InChI=1S/C27H21ClF8N4O4/c28-20-7-15(26(31,32)33)9-37-22(20)21(41)12-39(11-13-5-16(29)8-17(30)6-13)24(42)19-10-38-40(23(19)27(34,35)36)18-3-1-14(2-4-18)25(43)44/h5-10,14,18H,1-4,11-12H2,(H,43,44)/t14-,18-. The van der Waals surface area contributed by atoms with Crippen LogP contribution in [0.25, 0.3) is 0 Å². The van der Waals surface area contributed by atoms with Gasteiger partial charge in [-0.1, -0.05) is 11.6 Å². The first-order chi connectivity index (χ1) is 20.5. The summed E-state index contributed by atoms with van der Waals surface area (Å²) in [7, 11) is 0. The highest BCUT2D eigenvalue weighted by Crippen LogP contribution is 2.39. The van der Waals surface area contributed by atoms with Crippen LogP contribution >= 0.6 is 11.6 Å². The highest BCUT2D eigenvalue weighted by atomic mass is 35.5. The Kier molecular flexibility index (Phi) is 9.32. The van der Waals surface area contributed by atoms with Gasteiger partial charge in [0.15, 0.2) is 5.69 Å². The maximum Gasteiger partial charge on any atom is 0.433 e. The molecule has 4 rings (SSSR count). The summed E-state index contributed by atoms with van der Waals surface area (Å²) in [5, 5.41) is 12.2. The van der Waals surface area contributed by atoms with Gasteiger partial charge in [0.2, 0.25) is 5.78 Å². The van der Waals surface area contributed by atoms with Crippen molar-refractivity contribution in [1.29, 1.82) is 0 Å². The largest absolute Gasteiger partial charge is 0.481 e. The number of pyridine rings is 1. The van der Waals surface area contributed by atoms with Gasteiger partial charge in [-0.3, -0.25) is 24.0 Å². The normalized spacial score (nSPS) is 17.4. The Morgan fingerprint density at radius 1 is 0.932 bits per heavy atom. The molecule has 1 fully saturated rings. The van der Waals surface area contributed by atoms with Gasteiger partial charge in [-0.15, -0.1) is 0 Å². The zero-order valence-corrected chi connectivity index (χ0v) is 23.0. The maximum atomic E-state index is 14.4. The molecule has 1 saturated carbocycles. The van der Waals surface area contributed by atoms with E-state index in [-0.39, 0.29) is 31.2 Å². The van der Waals surface area contributed by atoms with Crippen LogP contribution in [-0.2, 0) is 23.7 Å². The van der Waals surface area contributed by atoms with Gasteiger partial charge in [-0.25, -0.2) is 8.78 Å². The van der Waals surface area contributed by atoms with Crippen molar-refractivity contribution in [3.63, 3.8) is 0 Å². The average Bonchev–Trinajstić information content (AvgIpc) is 3.37. The van der Waals surface area contributed by atoms with Gasteiger partial charge < -0.3 is 10.0 Å². The lowest BCUT2D eigenvalue weighted by Crippen LogP contribution is -2.37. The highest BCUT2D eigenvalue weighted by molar-refractivity contribution is 6.33. The second kappa shape index (κ2) is 12.5. The maximum absolute atomic E-state index is 14.4. The number of aliphatic carboxylic acids is 1. The third kappa shape index (κ3) is 7.34. The van der Waals surface area contributed by atoms with Crippen LogP contribution in [0.2, 0.25) is 5.02 Å². The second-order valence-corrected chi connectivity index (χ2v) is 10.5. The van der Waals surface area contributed by atoms with E-state index in [2.05, 4.69) is 10.1 Å². The van der Waals surface area contributed by atoms with Crippen LogP contribution in [0.5, 0.6) is 0 Å². The third-order valence-electron chi connectivity index (χ3n) is 7.04. The van der Waals surface area contributed by atoms with Crippen molar-refractivity contribution < 1.29 is 54.6 Å². The van der Waals surface area contributed by atoms with Gasteiger partial charge >= 0.3 is 18.3 Å². The molecule has 0 saturated heterocycles. The Morgan fingerprint density at radius 2 is 1.55 bits per heavy atom. The molecule has 0 unspecified atom stereocenters. The summed E-state index contributed by atoms with van der Waals surface area (Å²) in [6.45, 7) is -1.90. The van der Waals surface area contributed by atoms with E-state index in [1.165, 1.54) is 0 Å². The molecule has 2 aromatic heterocycles. The fourth-order valence-corrected chi connectivity index (χ4v) is 5.26. The van der Waals surface area contributed by atoms with Crippen molar-refractivity contribution in [3.05, 3.63) is 81.4 Å². The Hall–Kier alpha value is -4.08. The summed E-state index contributed by atoms with van der Waals surface area (Å²) in [5.41, 5.74) is -4.79.